The van der Waals surface area contributed by atoms with Gasteiger partial charge in [0.15, 0.2) is 0 Å². The van der Waals surface area contributed by atoms with Crippen LogP contribution in [-0.4, -0.2) is 12.6 Å². The fraction of sp³-hybridized carbons (Fsp3) is 0.625. The van der Waals surface area contributed by atoms with Crippen LogP contribution in [0.4, 0.5) is 4.39 Å². The Balaban J connectivity index is 1.75. The van der Waals surface area contributed by atoms with Crippen LogP contribution in [0.1, 0.15) is 43.7 Å². The van der Waals surface area contributed by atoms with E-state index in [2.05, 4.69) is 12.2 Å². The van der Waals surface area contributed by atoms with Gasteiger partial charge in [0.1, 0.15) is 5.82 Å². The molecule has 0 saturated heterocycles. The zero-order valence-corrected chi connectivity index (χ0v) is 11.5. The highest BCUT2D eigenvalue weighted by Crippen LogP contribution is 2.23. The van der Waals surface area contributed by atoms with E-state index in [1.54, 1.807) is 12.1 Å². The summed E-state index contributed by atoms with van der Waals surface area (Å²) in [5, 5.41) is 3.64. The maximum absolute atomic E-state index is 13.0. The van der Waals surface area contributed by atoms with Gasteiger partial charge in [0.2, 0.25) is 0 Å². The quantitative estimate of drug-likeness (QED) is 0.854. The SMILES string of the molecule is Cc1cc(F)ccc1CCNC1CCC(C)CC1. The average molecular weight is 249 g/mol. The normalized spacial score (nSPS) is 24.2. The summed E-state index contributed by atoms with van der Waals surface area (Å²) in [7, 11) is 0. The molecular weight excluding hydrogens is 225 g/mol. The maximum atomic E-state index is 13.0. The molecule has 0 aliphatic heterocycles. The first-order chi connectivity index (χ1) is 8.65. The van der Waals surface area contributed by atoms with Gasteiger partial charge in [-0.2, -0.15) is 0 Å². The molecule has 18 heavy (non-hydrogen) atoms. The first kappa shape index (κ1) is 13.5. The molecular formula is C16H24FN. The molecule has 0 unspecified atom stereocenters. The van der Waals surface area contributed by atoms with E-state index >= 15 is 0 Å². The Kier molecular flexibility index (Phi) is 4.76. The van der Waals surface area contributed by atoms with E-state index in [0.717, 1.165) is 24.4 Å². The molecule has 0 amide bonds. The lowest BCUT2D eigenvalue weighted by Gasteiger charge is -2.27. The third-order valence-corrected chi connectivity index (χ3v) is 4.15. The number of nitrogens with one attached hydrogen (secondary N) is 1. The molecule has 0 radical (unpaired) electrons. The van der Waals surface area contributed by atoms with E-state index in [4.69, 9.17) is 0 Å². The van der Waals surface area contributed by atoms with Crippen molar-refractivity contribution in [1.82, 2.24) is 5.32 Å². The van der Waals surface area contributed by atoms with Gasteiger partial charge in [0, 0.05) is 6.04 Å². The predicted molar refractivity (Wildman–Crippen MR) is 74.3 cm³/mol. The Morgan fingerprint density at radius 2 is 1.94 bits per heavy atom. The zero-order valence-electron chi connectivity index (χ0n) is 11.5. The number of halogens is 1. The van der Waals surface area contributed by atoms with Crippen LogP contribution in [0.2, 0.25) is 0 Å². The summed E-state index contributed by atoms with van der Waals surface area (Å²) in [4.78, 5) is 0. The van der Waals surface area contributed by atoms with Crippen molar-refractivity contribution < 1.29 is 4.39 Å². The van der Waals surface area contributed by atoms with Crippen LogP contribution in [0.25, 0.3) is 0 Å². The Morgan fingerprint density at radius 1 is 1.22 bits per heavy atom. The van der Waals surface area contributed by atoms with Crippen LogP contribution < -0.4 is 5.32 Å². The second-order valence-corrected chi connectivity index (χ2v) is 5.73. The largest absolute Gasteiger partial charge is 0.314 e. The topological polar surface area (TPSA) is 12.0 Å². The molecule has 0 heterocycles. The van der Waals surface area contributed by atoms with E-state index in [1.165, 1.54) is 31.2 Å². The van der Waals surface area contributed by atoms with Crippen LogP contribution >= 0.6 is 0 Å². The molecule has 1 N–H and O–H groups in total. The van der Waals surface area contributed by atoms with E-state index in [-0.39, 0.29) is 5.82 Å². The van der Waals surface area contributed by atoms with Crippen LogP contribution in [0, 0.1) is 18.7 Å². The Bertz CT molecular complexity index is 381. The van der Waals surface area contributed by atoms with Gasteiger partial charge in [-0.1, -0.05) is 13.0 Å². The fourth-order valence-electron chi connectivity index (χ4n) is 2.81. The molecule has 1 aromatic rings. The summed E-state index contributed by atoms with van der Waals surface area (Å²) in [6, 6.07) is 5.79. The van der Waals surface area contributed by atoms with Crippen LogP contribution in [0.15, 0.2) is 18.2 Å². The summed E-state index contributed by atoms with van der Waals surface area (Å²) >= 11 is 0. The Hall–Kier alpha value is -0.890. The van der Waals surface area contributed by atoms with E-state index < -0.39 is 0 Å². The smallest absolute Gasteiger partial charge is 0.123 e. The summed E-state index contributed by atoms with van der Waals surface area (Å²) in [6.07, 6.45) is 6.33. The van der Waals surface area contributed by atoms with Gasteiger partial charge in [0.25, 0.3) is 0 Å². The third kappa shape index (κ3) is 3.81. The van der Waals surface area contributed by atoms with Crippen molar-refractivity contribution in [3.63, 3.8) is 0 Å². The molecule has 1 aromatic carbocycles. The highest BCUT2D eigenvalue weighted by Gasteiger charge is 2.17. The molecule has 0 atom stereocenters. The minimum Gasteiger partial charge on any atom is -0.314 e. The molecule has 0 spiro atoms. The van der Waals surface area contributed by atoms with Gasteiger partial charge in [0.05, 0.1) is 0 Å². The molecule has 2 heteroatoms. The molecule has 1 fully saturated rings. The minimum atomic E-state index is -0.134. The molecule has 100 valence electrons. The minimum absolute atomic E-state index is 0.134. The van der Waals surface area contributed by atoms with Gasteiger partial charge in [-0.25, -0.2) is 4.39 Å². The maximum Gasteiger partial charge on any atom is 0.123 e. The summed E-state index contributed by atoms with van der Waals surface area (Å²) in [5.74, 6) is 0.771. The Labute approximate surface area is 110 Å². The van der Waals surface area contributed by atoms with E-state index in [1.807, 2.05) is 13.0 Å². The fourth-order valence-corrected chi connectivity index (χ4v) is 2.81. The Morgan fingerprint density at radius 3 is 2.61 bits per heavy atom. The number of benzene rings is 1. The van der Waals surface area contributed by atoms with Crippen molar-refractivity contribution in [2.45, 2.75) is 52.0 Å². The zero-order chi connectivity index (χ0) is 13.0. The second kappa shape index (κ2) is 6.33. The van der Waals surface area contributed by atoms with Crippen molar-refractivity contribution >= 4 is 0 Å². The van der Waals surface area contributed by atoms with Gasteiger partial charge in [-0.05, 0) is 74.8 Å². The highest BCUT2D eigenvalue weighted by atomic mass is 19.1. The van der Waals surface area contributed by atoms with E-state index in [0.29, 0.717) is 6.04 Å². The molecule has 1 saturated carbocycles. The number of hydrogen-bond donors (Lipinski definition) is 1. The van der Waals surface area contributed by atoms with Crippen molar-refractivity contribution in [2.24, 2.45) is 5.92 Å². The molecule has 2 rings (SSSR count). The monoisotopic (exact) mass is 249 g/mol. The second-order valence-electron chi connectivity index (χ2n) is 5.73. The summed E-state index contributed by atoms with van der Waals surface area (Å²) in [6.45, 7) is 5.34. The van der Waals surface area contributed by atoms with Crippen molar-refractivity contribution in [1.29, 1.82) is 0 Å². The number of hydrogen-bond acceptors (Lipinski definition) is 1. The molecule has 0 bridgehead atoms. The van der Waals surface area contributed by atoms with Crippen molar-refractivity contribution in [3.8, 4) is 0 Å². The first-order valence-electron chi connectivity index (χ1n) is 7.13. The van der Waals surface area contributed by atoms with Gasteiger partial charge in [-0.15, -0.1) is 0 Å². The first-order valence-corrected chi connectivity index (χ1v) is 7.13. The molecule has 0 aromatic heterocycles. The van der Waals surface area contributed by atoms with Crippen LogP contribution in [0.3, 0.4) is 0 Å². The van der Waals surface area contributed by atoms with Crippen LogP contribution in [0.5, 0.6) is 0 Å². The van der Waals surface area contributed by atoms with E-state index in [9.17, 15) is 4.39 Å². The van der Waals surface area contributed by atoms with Crippen molar-refractivity contribution in [3.05, 3.63) is 35.1 Å². The lowest BCUT2D eigenvalue weighted by molar-refractivity contribution is 0.309. The third-order valence-electron chi connectivity index (χ3n) is 4.15. The lowest BCUT2D eigenvalue weighted by atomic mass is 9.87. The molecule has 1 nitrogen and oxygen atoms in total. The number of rotatable bonds is 4. The lowest BCUT2D eigenvalue weighted by Crippen LogP contribution is -2.34. The summed E-state index contributed by atoms with van der Waals surface area (Å²) < 4.78 is 13.0. The molecule has 1 aliphatic rings. The van der Waals surface area contributed by atoms with Crippen LogP contribution in [-0.2, 0) is 6.42 Å². The van der Waals surface area contributed by atoms with Gasteiger partial charge < -0.3 is 5.32 Å². The number of aryl methyl sites for hydroxylation is 1. The highest BCUT2D eigenvalue weighted by molar-refractivity contribution is 5.26. The summed E-state index contributed by atoms with van der Waals surface area (Å²) in [5.41, 5.74) is 2.32. The van der Waals surface area contributed by atoms with Crippen molar-refractivity contribution in [2.75, 3.05) is 6.54 Å². The predicted octanol–water partition coefficient (Wildman–Crippen LogP) is 3.84. The molecule has 1 aliphatic carbocycles. The standard InChI is InChI=1S/C16H24FN/c1-12-3-7-16(8-4-12)18-10-9-14-5-6-15(17)11-13(14)2/h5-6,11-12,16,18H,3-4,7-10H2,1-2H3. The van der Waals surface area contributed by atoms with Gasteiger partial charge >= 0.3 is 0 Å². The average Bonchev–Trinajstić information content (AvgIpc) is 2.34. The van der Waals surface area contributed by atoms with Gasteiger partial charge in [-0.3, -0.25) is 0 Å².